The molecule has 5 heteroatoms. The van der Waals surface area contributed by atoms with Gasteiger partial charge in [-0.1, -0.05) is 18.2 Å². The van der Waals surface area contributed by atoms with Crippen LogP contribution in [0.15, 0.2) is 53.3 Å². The fraction of sp³-hybridized carbons (Fsp3) is 0.0526. The van der Waals surface area contributed by atoms with Crippen LogP contribution in [0.1, 0.15) is 5.56 Å². The molecule has 0 fully saturated rings. The first-order valence-corrected chi connectivity index (χ1v) is 7.53. The van der Waals surface area contributed by atoms with E-state index in [0.29, 0.717) is 17.6 Å². The number of halogens is 2. The average Bonchev–Trinajstić information content (AvgIpc) is 2.93. The Bertz CT molecular complexity index is 1230. The highest BCUT2D eigenvalue weighted by molar-refractivity contribution is 5.89. The molecule has 2 aromatic heterocycles. The quantitative estimate of drug-likeness (QED) is 0.434. The molecule has 0 N–H and O–H groups in total. The summed E-state index contributed by atoms with van der Waals surface area (Å²) in [5, 5.41) is 1.56. The molecule has 0 bridgehead atoms. The molecule has 0 spiro atoms. The standard InChI is InChI=1S/C19H10F2N2O/c20-14-6-11-7-17-18-12(5-10-3-1-2-4-16(10)22-18)9-23(17)19(24)13(11)8-15(14)21/h1-8H,9H2. The number of nitrogens with zero attached hydrogens (tertiary/aromatic N) is 2. The van der Waals surface area contributed by atoms with Gasteiger partial charge in [0.2, 0.25) is 0 Å². The smallest absolute Gasteiger partial charge is 0.259 e. The summed E-state index contributed by atoms with van der Waals surface area (Å²) >= 11 is 0. The number of benzene rings is 2. The maximum absolute atomic E-state index is 13.5. The monoisotopic (exact) mass is 320 g/mol. The number of rotatable bonds is 0. The highest BCUT2D eigenvalue weighted by Gasteiger charge is 2.23. The molecule has 4 aromatic rings. The molecule has 3 heterocycles. The van der Waals surface area contributed by atoms with Gasteiger partial charge in [0, 0.05) is 10.9 Å². The van der Waals surface area contributed by atoms with E-state index in [-0.39, 0.29) is 10.9 Å². The number of fused-ring (bicyclic) bond motifs is 5. The lowest BCUT2D eigenvalue weighted by molar-refractivity contribution is 0.510. The van der Waals surface area contributed by atoms with Crippen molar-refractivity contribution in [2.75, 3.05) is 0 Å². The molecule has 1 aliphatic rings. The molecule has 0 radical (unpaired) electrons. The zero-order valence-electron chi connectivity index (χ0n) is 12.4. The van der Waals surface area contributed by atoms with Gasteiger partial charge in [-0.05, 0) is 35.7 Å². The van der Waals surface area contributed by atoms with E-state index in [9.17, 15) is 13.6 Å². The van der Waals surface area contributed by atoms with E-state index in [2.05, 4.69) is 4.98 Å². The highest BCUT2D eigenvalue weighted by atomic mass is 19.2. The topological polar surface area (TPSA) is 34.9 Å². The molecule has 0 saturated carbocycles. The van der Waals surface area contributed by atoms with Crippen molar-refractivity contribution >= 4 is 21.7 Å². The van der Waals surface area contributed by atoms with Gasteiger partial charge in [-0.2, -0.15) is 0 Å². The van der Waals surface area contributed by atoms with Gasteiger partial charge < -0.3 is 4.57 Å². The van der Waals surface area contributed by atoms with Crippen LogP contribution in [0.5, 0.6) is 0 Å². The Labute approximate surface area is 134 Å². The first-order valence-electron chi connectivity index (χ1n) is 7.53. The lowest BCUT2D eigenvalue weighted by Gasteiger charge is -2.06. The Balaban J connectivity index is 1.87. The Morgan fingerprint density at radius 1 is 0.958 bits per heavy atom. The zero-order valence-corrected chi connectivity index (χ0v) is 12.4. The Morgan fingerprint density at radius 3 is 2.62 bits per heavy atom. The van der Waals surface area contributed by atoms with Crippen LogP contribution in [-0.2, 0) is 6.54 Å². The minimum atomic E-state index is -1.01. The molecule has 3 nitrogen and oxygen atoms in total. The second-order valence-electron chi connectivity index (χ2n) is 5.96. The van der Waals surface area contributed by atoms with Crippen LogP contribution in [0.25, 0.3) is 33.1 Å². The van der Waals surface area contributed by atoms with Crippen molar-refractivity contribution in [3.8, 4) is 11.4 Å². The Kier molecular flexibility index (Phi) is 2.49. The molecule has 0 unspecified atom stereocenters. The minimum absolute atomic E-state index is 0.176. The predicted molar refractivity (Wildman–Crippen MR) is 88.0 cm³/mol. The van der Waals surface area contributed by atoms with Gasteiger partial charge in [0.1, 0.15) is 0 Å². The lowest BCUT2D eigenvalue weighted by atomic mass is 10.1. The minimum Gasteiger partial charge on any atom is -0.302 e. The second kappa shape index (κ2) is 4.47. The van der Waals surface area contributed by atoms with Crippen molar-refractivity contribution in [3.05, 3.63) is 76.1 Å². The summed E-state index contributed by atoms with van der Waals surface area (Å²) in [6, 6.07) is 13.5. The summed E-state index contributed by atoms with van der Waals surface area (Å²) in [6.07, 6.45) is 0. The zero-order chi connectivity index (χ0) is 16.4. The summed E-state index contributed by atoms with van der Waals surface area (Å²) in [6.45, 7) is 0.385. The first kappa shape index (κ1) is 13.4. The van der Waals surface area contributed by atoms with Gasteiger partial charge in [-0.3, -0.25) is 4.79 Å². The van der Waals surface area contributed by atoms with E-state index in [0.717, 1.165) is 34.3 Å². The van der Waals surface area contributed by atoms with Gasteiger partial charge in [0.25, 0.3) is 5.56 Å². The molecule has 2 aromatic carbocycles. The van der Waals surface area contributed by atoms with Gasteiger partial charge in [0.05, 0.1) is 28.8 Å². The summed E-state index contributed by atoms with van der Waals surface area (Å²) in [5.41, 5.74) is 2.80. The van der Waals surface area contributed by atoms with Crippen LogP contribution in [-0.4, -0.2) is 9.55 Å². The fourth-order valence-electron chi connectivity index (χ4n) is 3.37. The van der Waals surface area contributed by atoms with Crippen LogP contribution in [0.3, 0.4) is 0 Å². The van der Waals surface area contributed by atoms with Crippen molar-refractivity contribution < 1.29 is 8.78 Å². The number of hydrogen-bond donors (Lipinski definition) is 0. The summed E-state index contributed by atoms with van der Waals surface area (Å²) < 4.78 is 28.6. The van der Waals surface area contributed by atoms with Gasteiger partial charge >= 0.3 is 0 Å². The molecule has 0 amide bonds. The highest BCUT2D eigenvalue weighted by Crippen LogP contribution is 2.33. The SMILES string of the molecule is O=c1c2cc(F)c(F)cc2cc2n1Cc1cc3ccccc3nc1-2. The molecule has 0 saturated heterocycles. The first-order chi connectivity index (χ1) is 11.6. The van der Waals surface area contributed by atoms with Gasteiger partial charge in [0.15, 0.2) is 11.6 Å². The van der Waals surface area contributed by atoms with E-state index in [1.54, 1.807) is 10.6 Å². The third kappa shape index (κ3) is 1.69. The van der Waals surface area contributed by atoms with Crippen molar-refractivity contribution in [2.24, 2.45) is 0 Å². The third-order valence-corrected chi connectivity index (χ3v) is 4.53. The summed E-state index contributed by atoms with van der Waals surface area (Å²) in [4.78, 5) is 17.3. The molecule has 0 aliphatic carbocycles. The van der Waals surface area contributed by atoms with Gasteiger partial charge in [-0.25, -0.2) is 13.8 Å². The largest absolute Gasteiger partial charge is 0.302 e. The predicted octanol–water partition coefficient (Wildman–Crippen LogP) is 3.86. The van der Waals surface area contributed by atoms with Crippen LogP contribution < -0.4 is 5.56 Å². The van der Waals surface area contributed by atoms with E-state index in [1.807, 2.05) is 30.3 Å². The van der Waals surface area contributed by atoms with Crippen LogP contribution in [0, 0.1) is 11.6 Å². The fourth-order valence-corrected chi connectivity index (χ4v) is 3.37. The molecule has 0 atom stereocenters. The number of hydrogen-bond acceptors (Lipinski definition) is 2. The maximum Gasteiger partial charge on any atom is 0.259 e. The van der Waals surface area contributed by atoms with Crippen LogP contribution >= 0.6 is 0 Å². The molecule has 5 rings (SSSR count). The van der Waals surface area contributed by atoms with Crippen molar-refractivity contribution in [1.82, 2.24) is 9.55 Å². The van der Waals surface area contributed by atoms with E-state index >= 15 is 0 Å². The number of para-hydroxylation sites is 1. The summed E-state index contributed by atoms with van der Waals surface area (Å²) in [5.74, 6) is -1.98. The van der Waals surface area contributed by atoms with Crippen molar-refractivity contribution in [2.45, 2.75) is 6.54 Å². The van der Waals surface area contributed by atoms with Gasteiger partial charge in [-0.15, -0.1) is 0 Å². The lowest BCUT2D eigenvalue weighted by Crippen LogP contribution is -2.19. The Morgan fingerprint density at radius 2 is 1.75 bits per heavy atom. The average molecular weight is 320 g/mol. The van der Waals surface area contributed by atoms with E-state index in [1.165, 1.54) is 0 Å². The molecule has 1 aliphatic heterocycles. The van der Waals surface area contributed by atoms with E-state index < -0.39 is 11.6 Å². The molecule has 24 heavy (non-hydrogen) atoms. The molecular formula is C19H10F2N2O. The number of aromatic nitrogens is 2. The van der Waals surface area contributed by atoms with Crippen LogP contribution in [0.4, 0.5) is 8.78 Å². The van der Waals surface area contributed by atoms with Crippen LogP contribution in [0.2, 0.25) is 0 Å². The van der Waals surface area contributed by atoms with Crippen molar-refractivity contribution in [1.29, 1.82) is 0 Å². The Hall–Kier alpha value is -3.08. The molecular weight excluding hydrogens is 310 g/mol. The maximum atomic E-state index is 13.5. The normalized spacial score (nSPS) is 12.6. The summed E-state index contributed by atoms with van der Waals surface area (Å²) in [7, 11) is 0. The number of pyridine rings is 2. The third-order valence-electron chi connectivity index (χ3n) is 4.53. The molecule has 116 valence electrons. The van der Waals surface area contributed by atoms with E-state index in [4.69, 9.17) is 0 Å². The van der Waals surface area contributed by atoms with Crippen molar-refractivity contribution in [3.63, 3.8) is 0 Å². The second-order valence-corrected chi connectivity index (χ2v) is 5.96.